The molecule has 1 aromatic rings. The van der Waals surface area contributed by atoms with Crippen molar-refractivity contribution >= 4 is 55.3 Å². The van der Waals surface area contributed by atoms with E-state index in [9.17, 15) is 14.4 Å². The second-order valence-corrected chi connectivity index (χ2v) is 8.96. The monoisotopic (exact) mass is 469 g/mol. The van der Waals surface area contributed by atoms with Gasteiger partial charge in [0.15, 0.2) is 0 Å². The summed E-state index contributed by atoms with van der Waals surface area (Å²) in [6.45, 7) is 1.71. The SMILES string of the molecule is CCC(=O)Oc1cccc(N2C(=O)C3C4CC(C(Br)C4Br)C3C2=O)c1. The normalized spacial score (nSPS) is 36.0. The number of carbonyl (C=O) groups is 3. The Hall–Kier alpha value is -1.21. The van der Waals surface area contributed by atoms with Gasteiger partial charge < -0.3 is 4.74 Å². The molecule has 7 heteroatoms. The lowest BCUT2D eigenvalue weighted by atomic mass is 9.81. The summed E-state index contributed by atoms with van der Waals surface area (Å²) >= 11 is 7.36. The number of ether oxygens (including phenoxy) is 1. The van der Waals surface area contributed by atoms with Crippen LogP contribution in [-0.4, -0.2) is 27.4 Å². The number of carbonyl (C=O) groups excluding carboxylic acids is 3. The van der Waals surface area contributed by atoms with Crippen molar-refractivity contribution < 1.29 is 19.1 Å². The van der Waals surface area contributed by atoms with Crippen molar-refractivity contribution in [2.75, 3.05) is 4.90 Å². The van der Waals surface area contributed by atoms with Crippen LogP contribution >= 0.6 is 31.9 Å². The minimum atomic E-state index is -0.351. The molecule has 2 saturated carbocycles. The first-order chi connectivity index (χ1) is 11.9. The van der Waals surface area contributed by atoms with E-state index >= 15 is 0 Å². The van der Waals surface area contributed by atoms with Gasteiger partial charge in [0.25, 0.3) is 0 Å². The summed E-state index contributed by atoms with van der Waals surface area (Å²) in [4.78, 5) is 39.2. The summed E-state index contributed by atoms with van der Waals surface area (Å²) in [7, 11) is 0. The number of anilines is 1. The summed E-state index contributed by atoms with van der Waals surface area (Å²) in [6, 6.07) is 6.63. The molecule has 5 nitrogen and oxygen atoms in total. The highest BCUT2D eigenvalue weighted by molar-refractivity contribution is 9.12. The van der Waals surface area contributed by atoms with Crippen molar-refractivity contribution in [1.29, 1.82) is 0 Å². The lowest BCUT2D eigenvalue weighted by Gasteiger charge is -2.28. The van der Waals surface area contributed by atoms with Crippen LogP contribution in [-0.2, 0) is 14.4 Å². The lowest BCUT2D eigenvalue weighted by Crippen LogP contribution is -2.37. The van der Waals surface area contributed by atoms with E-state index in [2.05, 4.69) is 31.9 Å². The van der Waals surface area contributed by atoms with Crippen LogP contribution in [0.15, 0.2) is 24.3 Å². The van der Waals surface area contributed by atoms with Gasteiger partial charge in [0.1, 0.15) is 5.75 Å². The highest BCUT2D eigenvalue weighted by atomic mass is 79.9. The summed E-state index contributed by atoms with van der Waals surface area (Å²) in [6.07, 6.45) is 1.17. The van der Waals surface area contributed by atoms with E-state index in [0.717, 1.165) is 6.42 Å². The second kappa shape index (κ2) is 6.20. The fourth-order valence-corrected chi connectivity index (χ4v) is 6.37. The van der Waals surface area contributed by atoms with E-state index in [0.29, 0.717) is 11.4 Å². The average Bonchev–Trinajstić information content (AvgIpc) is 3.20. The van der Waals surface area contributed by atoms with Crippen LogP contribution in [0.1, 0.15) is 19.8 Å². The van der Waals surface area contributed by atoms with Gasteiger partial charge in [-0.05, 0) is 30.4 Å². The zero-order chi connectivity index (χ0) is 17.9. The molecule has 2 amide bonds. The molecule has 25 heavy (non-hydrogen) atoms. The zero-order valence-corrected chi connectivity index (χ0v) is 16.7. The predicted octanol–water partition coefficient (Wildman–Crippen LogP) is 3.28. The number of hydrogen-bond acceptors (Lipinski definition) is 4. The number of hydrogen-bond donors (Lipinski definition) is 0. The quantitative estimate of drug-likeness (QED) is 0.294. The first-order valence-electron chi connectivity index (χ1n) is 8.40. The third-order valence-electron chi connectivity index (χ3n) is 5.58. The first kappa shape index (κ1) is 17.2. The molecule has 2 aliphatic carbocycles. The largest absolute Gasteiger partial charge is 0.426 e. The van der Waals surface area contributed by atoms with E-state index in [4.69, 9.17) is 4.74 Å². The van der Waals surface area contributed by atoms with Gasteiger partial charge in [-0.1, -0.05) is 44.8 Å². The fraction of sp³-hybridized carbons (Fsp3) is 0.500. The Morgan fingerprint density at radius 1 is 1.16 bits per heavy atom. The Bertz CT molecular complexity index is 735. The van der Waals surface area contributed by atoms with E-state index in [-0.39, 0.29) is 57.5 Å². The van der Waals surface area contributed by atoms with Gasteiger partial charge >= 0.3 is 5.97 Å². The number of nitrogens with zero attached hydrogens (tertiary/aromatic N) is 1. The number of fused-ring (bicyclic) bond motifs is 5. The lowest BCUT2D eigenvalue weighted by molar-refractivity contribution is -0.134. The second-order valence-electron chi connectivity index (χ2n) is 6.84. The van der Waals surface area contributed by atoms with Gasteiger partial charge in [-0.25, -0.2) is 4.90 Å². The Morgan fingerprint density at radius 2 is 1.76 bits per heavy atom. The minimum absolute atomic E-state index is 0.134. The van der Waals surface area contributed by atoms with Gasteiger partial charge in [0.2, 0.25) is 11.8 Å². The molecule has 1 aliphatic heterocycles. The standard InChI is InChI=1S/C18H17Br2NO4/c1-2-12(22)25-9-5-3-4-8(6-9)21-17(23)13-10-7-11(14(13)18(21)24)16(20)15(10)19/h3-6,10-11,13-16H,2,7H2,1H3. The molecule has 132 valence electrons. The summed E-state index contributed by atoms with van der Waals surface area (Å²) in [5.41, 5.74) is 0.474. The van der Waals surface area contributed by atoms with Crippen LogP contribution < -0.4 is 9.64 Å². The number of benzene rings is 1. The molecule has 3 fully saturated rings. The third-order valence-corrected chi connectivity index (χ3v) is 8.79. The molecule has 1 saturated heterocycles. The van der Waals surface area contributed by atoms with Crippen molar-refractivity contribution in [2.45, 2.75) is 29.4 Å². The molecule has 0 N–H and O–H groups in total. The van der Waals surface area contributed by atoms with Crippen LogP contribution in [0.4, 0.5) is 5.69 Å². The molecule has 3 aliphatic rings. The number of amides is 2. The molecule has 0 radical (unpaired) electrons. The highest BCUT2D eigenvalue weighted by Gasteiger charge is 2.66. The van der Waals surface area contributed by atoms with Gasteiger partial charge in [-0.2, -0.15) is 0 Å². The Labute approximate surface area is 162 Å². The first-order valence-corrected chi connectivity index (χ1v) is 10.2. The molecule has 6 unspecified atom stereocenters. The number of halogens is 2. The predicted molar refractivity (Wildman–Crippen MR) is 98.9 cm³/mol. The molecule has 1 aromatic carbocycles. The van der Waals surface area contributed by atoms with E-state index in [1.165, 1.54) is 4.90 Å². The van der Waals surface area contributed by atoms with Crippen LogP contribution in [0.2, 0.25) is 0 Å². The maximum absolute atomic E-state index is 13.0. The van der Waals surface area contributed by atoms with Crippen molar-refractivity contribution in [3.8, 4) is 5.75 Å². The number of imide groups is 1. The van der Waals surface area contributed by atoms with Crippen LogP contribution in [0.5, 0.6) is 5.75 Å². The summed E-state index contributed by atoms with van der Waals surface area (Å²) in [5, 5.41) is 0. The topological polar surface area (TPSA) is 63.7 Å². The zero-order valence-electron chi connectivity index (χ0n) is 13.5. The van der Waals surface area contributed by atoms with E-state index in [1.807, 2.05) is 0 Å². The Balaban J connectivity index is 1.65. The van der Waals surface area contributed by atoms with Gasteiger partial charge in [-0.15, -0.1) is 0 Å². The van der Waals surface area contributed by atoms with E-state index in [1.54, 1.807) is 31.2 Å². The molecule has 4 rings (SSSR count). The molecular formula is C18H17Br2NO4. The van der Waals surface area contributed by atoms with Crippen molar-refractivity contribution in [1.82, 2.24) is 0 Å². The van der Waals surface area contributed by atoms with Crippen molar-refractivity contribution in [3.05, 3.63) is 24.3 Å². The number of rotatable bonds is 3. The molecule has 0 spiro atoms. The Kier molecular flexibility index (Phi) is 4.27. The van der Waals surface area contributed by atoms with Crippen LogP contribution in [0, 0.1) is 23.7 Å². The van der Waals surface area contributed by atoms with Gasteiger partial charge in [-0.3, -0.25) is 14.4 Å². The smallest absolute Gasteiger partial charge is 0.310 e. The van der Waals surface area contributed by atoms with Crippen LogP contribution in [0.25, 0.3) is 0 Å². The maximum atomic E-state index is 13.0. The van der Waals surface area contributed by atoms with Crippen molar-refractivity contribution in [3.63, 3.8) is 0 Å². The molecule has 1 heterocycles. The third kappa shape index (κ3) is 2.50. The minimum Gasteiger partial charge on any atom is -0.426 e. The number of esters is 1. The van der Waals surface area contributed by atoms with Gasteiger partial charge in [0, 0.05) is 22.1 Å². The molecule has 0 aromatic heterocycles. The average molecular weight is 471 g/mol. The summed E-state index contributed by atoms with van der Waals surface area (Å²) < 4.78 is 5.21. The fourth-order valence-electron chi connectivity index (χ4n) is 4.49. The van der Waals surface area contributed by atoms with E-state index < -0.39 is 0 Å². The molecule has 6 atom stereocenters. The molecule has 2 bridgehead atoms. The van der Waals surface area contributed by atoms with Crippen LogP contribution in [0.3, 0.4) is 0 Å². The Morgan fingerprint density at radius 3 is 2.32 bits per heavy atom. The molecular weight excluding hydrogens is 454 g/mol. The maximum Gasteiger partial charge on any atom is 0.310 e. The highest BCUT2D eigenvalue weighted by Crippen LogP contribution is 2.60. The van der Waals surface area contributed by atoms with Gasteiger partial charge in [0.05, 0.1) is 17.5 Å². The number of alkyl halides is 2. The van der Waals surface area contributed by atoms with Crippen molar-refractivity contribution in [2.24, 2.45) is 23.7 Å². The summed E-state index contributed by atoms with van der Waals surface area (Å²) in [5.74, 6) is -0.411.